The minimum Gasteiger partial charge on any atom is -0.486 e. The van der Waals surface area contributed by atoms with Crippen LogP contribution in [0.15, 0.2) is 42.5 Å². The number of amides is 2. The summed E-state index contributed by atoms with van der Waals surface area (Å²) in [6, 6.07) is 11.9. The van der Waals surface area contributed by atoms with Crippen molar-refractivity contribution in [1.29, 1.82) is 0 Å². The van der Waals surface area contributed by atoms with E-state index in [1.807, 2.05) is 24.3 Å². The number of carbonyl (C=O) groups excluding carboxylic acids is 2. The van der Waals surface area contributed by atoms with Crippen LogP contribution in [0, 0.1) is 0 Å². The van der Waals surface area contributed by atoms with Gasteiger partial charge in [-0.25, -0.2) is 0 Å². The molecular weight excluding hydrogens is 391 g/mol. The number of fused-ring (bicyclic) bond motifs is 1. The number of para-hydroxylation sites is 2. The summed E-state index contributed by atoms with van der Waals surface area (Å²) in [7, 11) is 1.65. The third-order valence-corrected chi connectivity index (χ3v) is 4.59. The van der Waals surface area contributed by atoms with Gasteiger partial charge in [-0.1, -0.05) is 35.3 Å². The first-order valence-corrected chi connectivity index (χ1v) is 9.05. The predicted octanol–water partition coefficient (Wildman–Crippen LogP) is 3.02. The molecule has 1 aliphatic rings. The van der Waals surface area contributed by atoms with E-state index in [9.17, 15) is 9.59 Å². The fourth-order valence-electron chi connectivity index (χ4n) is 2.62. The molecule has 27 heavy (non-hydrogen) atoms. The minimum atomic E-state index is -0.440. The van der Waals surface area contributed by atoms with Gasteiger partial charge in [-0.3, -0.25) is 9.59 Å². The van der Waals surface area contributed by atoms with Crippen LogP contribution in [0.1, 0.15) is 10.4 Å². The summed E-state index contributed by atoms with van der Waals surface area (Å²) in [6.07, 6.45) is -0.282. The molecule has 1 N–H and O–H groups in total. The molecule has 1 unspecified atom stereocenters. The molecule has 2 amide bonds. The second-order valence-electron chi connectivity index (χ2n) is 6.08. The average molecular weight is 409 g/mol. The SMILES string of the molecule is CN(CC1COc2ccccc2O1)C(=O)CNC(=O)c1ccc(Cl)cc1Cl. The summed E-state index contributed by atoms with van der Waals surface area (Å²) in [5.41, 5.74) is 0.261. The molecule has 0 radical (unpaired) electrons. The van der Waals surface area contributed by atoms with Crippen LogP contribution in [0.25, 0.3) is 0 Å². The van der Waals surface area contributed by atoms with E-state index in [-0.39, 0.29) is 29.1 Å². The van der Waals surface area contributed by atoms with Gasteiger partial charge in [0.05, 0.1) is 23.7 Å². The van der Waals surface area contributed by atoms with Gasteiger partial charge in [-0.2, -0.15) is 0 Å². The molecule has 1 heterocycles. The molecule has 0 saturated carbocycles. The number of benzene rings is 2. The second kappa shape index (κ2) is 8.50. The van der Waals surface area contributed by atoms with Crippen LogP contribution in [-0.4, -0.2) is 49.6 Å². The molecule has 142 valence electrons. The van der Waals surface area contributed by atoms with Crippen molar-refractivity contribution in [3.63, 3.8) is 0 Å². The van der Waals surface area contributed by atoms with E-state index in [0.717, 1.165) is 0 Å². The highest BCUT2D eigenvalue weighted by Crippen LogP contribution is 2.30. The van der Waals surface area contributed by atoms with Crippen molar-refractivity contribution in [3.05, 3.63) is 58.1 Å². The smallest absolute Gasteiger partial charge is 0.253 e. The highest BCUT2D eigenvalue weighted by atomic mass is 35.5. The maximum absolute atomic E-state index is 12.3. The van der Waals surface area contributed by atoms with Crippen LogP contribution in [0.2, 0.25) is 10.0 Å². The molecule has 2 aromatic carbocycles. The molecule has 2 aromatic rings. The first-order chi connectivity index (χ1) is 12.9. The van der Waals surface area contributed by atoms with E-state index >= 15 is 0 Å². The van der Waals surface area contributed by atoms with E-state index in [1.54, 1.807) is 13.1 Å². The lowest BCUT2D eigenvalue weighted by Gasteiger charge is -2.29. The first-order valence-electron chi connectivity index (χ1n) is 8.29. The number of ether oxygens (including phenoxy) is 2. The Labute approximate surface area is 167 Å². The number of likely N-dealkylation sites (N-methyl/N-ethyl adjacent to an activating group) is 1. The Balaban J connectivity index is 1.50. The van der Waals surface area contributed by atoms with Crippen molar-refractivity contribution >= 4 is 35.0 Å². The van der Waals surface area contributed by atoms with Crippen LogP contribution in [-0.2, 0) is 4.79 Å². The second-order valence-corrected chi connectivity index (χ2v) is 6.92. The molecule has 0 aromatic heterocycles. The Kier molecular flexibility index (Phi) is 6.08. The average Bonchev–Trinajstić information content (AvgIpc) is 2.65. The van der Waals surface area contributed by atoms with Gasteiger partial charge in [0.25, 0.3) is 5.91 Å². The third kappa shape index (κ3) is 4.84. The lowest BCUT2D eigenvalue weighted by molar-refractivity contribution is -0.130. The molecule has 1 aliphatic heterocycles. The molecule has 0 spiro atoms. The van der Waals surface area contributed by atoms with Crippen LogP contribution in [0.5, 0.6) is 11.5 Å². The molecule has 0 bridgehead atoms. The number of nitrogens with zero attached hydrogens (tertiary/aromatic N) is 1. The molecule has 3 rings (SSSR count). The zero-order valence-electron chi connectivity index (χ0n) is 14.6. The lowest BCUT2D eigenvalue weighted by Crippen LogP contribution is -2.45. The maximum Gasteiger partial charge on any atom is 0.253 e. The molecule has 0 aliphatic carbocycles. The zero-order chi connectivity index (χ0) is 19.4. The van der Waals surface area contributed by atoms with Crippen LogP contribution < -0.4 is 14.8 Å². The molecule has 0 fully saturated rings. The van der Waals surface area contributed by atoms with Crippen molar-refractivity contribution in [2.75, 3.05) is 26.7 Å². The van der Waals surface area contributed by atoms with Crippen molar-refractivity contribution in [3.8, 4) is 11.5 Å². The fraction of sp³-hybridized carbons (Fsp3) is 0.263. The Morgan fingerprint density at radius 1 is 1.19 bits per heavy atom. The van der Waals surface area contributed by atoms with Crippen LogP contribution in [0.4, 0.5) is 0 Å². The number of rotatable bonds is 5. The summed E-state index contributed by atoms with van der Waals surface area (Å²) < 4.78 is 11.5. The van der Waals surface area contributed by atoms with Crippen molar-refractivity contribution in [2.45, 2.75) is 6.10 Å². The summed E-state index contributed by atoms with van der Waals surface area (Å²) in [5, 5.41) is 3.23. The standard InChI is InChI=1S/C19H18Cl2N2O4/c1-23(10-13-11-26-16-4-2-3-5-17(16)27-13)18(24)9-22-19(25)14-7-6-12(20)8-15(14)21/h2-8,13H,9-11H2,1H3,(H,22,25). The Hall–Kier alpha value is -2.44. The van der Waals surface area contributed by atoms with Crippen LogP contribution >= 0.6 is 23.2 Å². The van der Waals surface area contributed by atoms with Gasteiger partial charge in [0.2, 0.25) is 5.91 Å². The normalized spacial score (nSPS) is 15.1. The number of carbonyl (C=O) groups is 2. The number of hydrogen-bond acceptors (Lipinski definition) is 4. The summed E-state index contributed by atoms with van der Waals surface area (Å²) >= 11 is 11.8. The van der Waals surface area contributed by atoms with Gasteiger partial charge < -0.3 is 19.7 Å². The van der Waals surface area contributed by atoms with Gasteiger partial charge >= 0.3 is 0 Å². The van der Waals surface area contributed by atoms with E-state index in [1.165, 1.54) is 17.0 Å². The highest BCUT2D eigenvalue weighted by Gasteiger charge is 2.24. The van der Waals surface area contributed by atoms with Gasteiger partial charge in [0.15, 0.2) is 17.6 Å². The van der Waals surface area contributed by atoms with E-state index in [4.69, 9.17) is 32.7 Å². The molecule has 8 heteroatoms. The minimum absolute atomic E-state index is 0.154. The van der Waals surface area contributed by atoms with Crippen molar-refractivity contribution < 1.29 is 19.1 Å². The topological polar surface area (TPSA) is 67.9 Å². The predicted molar refractivity (Wildman–Crippen MR) is 103 cm³/mol. The fourth-order valence-corrected chi connectivity index (χ4v) is 3.11. The summed E-state index contributed by atoms with van der Waals surface area (Å²) in [5.74, 6) is 0.649. The van der Waals surface area contributed by atoms with Gasteiger partial charge in [-0.15, -0.1) is 0 Å². The monoisotopic (exact) mass is 408 g/mol. The summed E-state index contributed by atoms with van der Waals surface area (Å²) in [4.78, 5) is 26.0. The number of nitrogens with one attached hydrogen (secondary N) is 1. The Morgan fingerprint density at radius 2 is 1.93 bits per heavy atom. The highest BCUT2D eigenvalue weighted by molar-refractivity contribution is 6.36. The van der Waals surface area contributed by atoms with E-state index in [2.05, 4.69) is 5.32 Å². The third-order valence-electron chi connectivity index (χ3n) is 4.05. The van der Waals surface area contributed by atoms with Gasteiger partial charge in [0.1, 0.15) is 6.61 Å². The van der Waals surface area contributed by atoms with Crippen molar-refractivity contribution in [2.24, 2.45) is 0 Å². The lowest BCUT2D eigenvalue weighted by atomic mass is 10.2. The molecule has 0 saturated heterocycles. The van der Waals surface area contributed by atoms with Crippen LogP contribution in [0.3, 0.4) is 0 Å². The molecule has 6 nitrogen and oxygen atoms in total. The van der Waals surface area contributed by atoms with E-state index < -0.39 is 5.91 Å². The quantitative estimate of drug-likeness (QED) is 0.825. The van der Waals surface area contributed by atoms with E-state index in [0.29, 0.717) is 29.7 Å². The largest absolute Gasteiger partial charge is 0.486 e. The van der Waals surface area contributed by atoms with Gasteiger partial charge in [-0.05, 0) is 30.3 Å². The number of hydrogen-bond donors (Lipinski definition) is 1. The Bertz CT molecular complexity index is 859. The maximum atomic E-state index is 12.3. The first kappa shape index (κ1) is 19.3. The molecular formula is C19H18Cl2N2O4. The van der Waals surface area contributed by atoms with Crippen molar-refractivity contribution in [1.82, 2.24) is 10.2 Å². The summed E-state index contributed by atoms with van der Waals surface area (Å²) in [6.45, 7) is 0.532. The molecule has 1 atom stereocenters. The Morgan fingerprint density at radius 3 is 2.67 bits per heavy atom. The zero-order valence-corrected chi connectivity index (χ0v) is 16.1. The van der Waals surface area contributed by atoms with Gasteiger partial charge in [0, 0.05) is 12.1 Å². The number of halogens is 2.